The lowest BCUT2D eigenvalue weighted by molar-refractivity contribution is 0.163. The highest BCUT2D eigenvalue weighted by molar-refractivity contribution is 6.67. The van der Waals surface area contributed by atoms with Gasteiger partial charge in [-0.15, -0.1) is 0 Å². The smallest absolute Gasteiger partial charge is 0.337 e. The first-order chi connectivity index (χ1) is 12.2. The molecular weight excluding hydrogens is 324 g/mol. The normalized spacial score (nSPS) is 12.0. The second-order valence-electron chi connectivity index (χ2n) is 7.56. The molecule has 0 radical (unpaired) electrons. The van der Waals surface area contributed by atoms with E-state index >= 15 is 0 Å². The van der Waals surface area contributed by atoms with Crippen LogP contribution in [-0.2, 0) is 8.85 Å². The zero-order valence-corrected chi connectivity index (χ0v) is 19.0. The molecule has 0 saturated carbocycles. The van der Waals surface area contributed by atoms with Crippen molar-refractivity contribution in [2.24, 2.45) is 0 Å². The van der Waals surface area contributed by atoms with Crippen LogP contribution in [0.2, 0.25) is 12.1 Å². The second-order valence-corrected chi connectivity index (χ2v) is 11.4. The van der Waals surface area contributed by atoms with E-state index in [1.54, 1.807) is 0 Å². The molecule has 0 amide bonds. The average Bonchev–Trinajstić information content (AvgIpc) is 2.64. The predicted molar refractivity (Wildman–Crippen MR) is 115 cm³/mol. The molecule has 0 rings (SSSR count). The number of hydrogen-bond acceptors (Lipinski definition) is 2. The molecule has 0 unspecified atom stereocenters. The van der Waals surface area contributed by atoms with Gasteiger partial charge in [-0.2, -0.15) is 0 Å². The summed E-state index contributed by atoms with van der Waals surface area (Å²) in [5.41, 5.74) is 0. The van der Waals surface area contributed by atoms with Gasteiger partial charge in [-0.05, 0) is 24.9 Å². The first-order valence-corrected chi connectivity index (χ1v) is 13.8. The van der Waals surface area contributed by atoms with Crippen LogP contribution < -0.4 is 0 Å². The minimum absolute atomic E-state index is 0.909. The van der Waals surface area contributed by atoms with Gasteiger partial charge in [-0.3, -0.25) is 0 Å². The largest absolute Gasteiger partial charge is 0.394 e. The van der Waals surface area contributed by atoms with Crippen LogP contribution in [0.1, 0.15) is 118 Å². The maximum atomic E-state index is 6.32. The zero-order chi connectivity index (χ0) is 18.6. The Labute approximate surface area is 160 Å². The van der Waals surface area contributed by atoms with Crippen molar-refractivity contribution in [3.05, 3.63) is 0 Å². The van der Waals surface area contributed by atoms with E-state index in [0.717, 1.165) is 25.3 Å². The molecule has 0 bridgehead atoms. The SMILES string of the molecule is CCCCCCCCCCCCO[Si](CC)(CC)OCCCCCC. The molecule has 0 aliphatic rings. The van der Waals surface area contributed by atoms with Crippen LogP contribution in [0.4, 0.5) is 0 Å². The van der Waals surface area contributed by atoms with E-state index in [2.05, 4.69) is 27.7 Å². The molecule has 0 aromatic carbocycles. The molecular formula is C22H48O2Si. The minimum atomic E-state index is -1.90. The molecule has 0 fully saturated rings. The van der Waals surface area contributed by atoms with E-state index in [4.69, 9.17) is 8.85 Å². The Morgan fingerprint density at radius 2 is 0.760 bits per heavy atom. The van der Waals surface area contributed by atoms with Gasteiger partial charge in [-0.25, -0.2) is 0 Å². The van der Waals surface area contributed by atoms with Crippen molar-refractivity contribution in [2.45, 2.75) is 130 Å². The average molecular weight is 373 g/mol. The summed E-state index contributed by atoms with van der Waals surface area (Å²) < 4.78 is 12.6. The highest BCUT2D eigenvalue weighted by atomic mass is 28.4. The lowest BCUT2D eigenvalue weighted by Gasteiger charge is -2.29. The van der Waals surface area contributed by atoms with Crippen LogP contribution >= 0.6 is 0 Å². The third-order valence-corrected chi connectivity index (χ3v) is 8.92. The highest BCUT2D eigenvalue weighted by Gasteiger charge is 2.33. The van der Waals surface area contributed by atoms with Crippen molar-refractivity contribution in [3.8, 4) is 0 Å². The van der Waals surface area contributed by atoms with Gasteiger partial charge in [0.25, 0.3) is 0 Å². The first-order valence-electron chi connectivity index (χ1n) is 11.5. The second kappa shape index (κ2) is 18.9. The molecule has 2 nitrogen and oxygen atoms in total. The van der Waals surface area contributed by atoms with Gasteiger partial charge in [0, 0.05) is 13.2 Å². The molecule has 0 aliphatic carbocycles. The fourth-order valence-corrected chi connectivity index (χ4v) is 5.77. The lowest BCUT2D eigenvalue weighted by atomic mass is 10.1. The first kappa shape index (κ1) is 25.1. The maximum Gasteiger partial charge on any atom is 0.337 e. The van der Waals surface area contributed by atoms with E-state index in [-0.39, 0.29) is 0 Å². The van der Waals surface area contributed by atoms with Crippen molar-refractivity contribution in [1.82, 2.24) is 0 Å². The summed E-state index contributed by atoms with van der Waals surface area (Å²) in [6.45, 7) is 10.9. The summed E-state index contributed by atoms with van der Waals surface area (Å²) >= 11 is 0. The summed E-state index contributed by atoms with van der Waals surface area (Å²) in [6, 6.07) is 2.18. The number of unbranched alkanes of at least 4 members (excludes halogenated alkanes) is 12. The fraction of sp³-hybridized carbons (Fsp3) is 1.00. The molecule has 0 spiro atoms. The molecule has 0 atom stereocenters. The Kier molecular flexibility index (Phi) is 19.0. The summed E-state index contributed by atoms with van der Waals surface area (Å²) in [6.07, 6.45) is 18.9. The van der Waals surface area contributed by atoms with Crippen LogP contribution in [0.25, 0.3) is 0 Å². The Hall–Kier alpha value is 0.137. The molecule has 152 valence electrons. The van der Waals surface area contributed by atoms with Crippen LogP contribution in [-0.4, -0.2) is 21.8 Å². The lowest BCUT2D eigenvalue weighted by Crippen LogP contribution is -2.41. The number of rotatable bonds is 20. The summed E-state index contributed by atoms with van der Waals surface area (Å²) in [5, 5.41) is 0. The molecule has 0 aromatic rings. The van der Waals surface area contributed by atoms with Gasteiger partial charge in [0.15, 0.2) is 0 Å². The Bertz CT molecular complexity index is 254. The minimum Gasteiger partial charge on any atom is -0.394 e. The van der Waals surface area contributed by atoms with E-state index < -0.39 is 8.56 Å². The summed E-state index contributed by atoms with van der Waals surface area (Å²) in [5.74, 6) is 0. The van der Waals surface area contributed by atoms with Gasteiger partial charge in [0.1, 0.15) is 0 Å². The van der Waals surface area contributed by atoms with Crippen molar-refractivity contribution >= 4 is 8.56 Å². The standard InChI is InChI=1S/C22H48O2Si/c1-5-9-11-13-14-15-16-17-18-20-22-24-25(7-3,8-4)23-21-19-12-10-6-2/h5-22H2,1-4H3. The Morgan fingerprint density at radius 1 is 0.440 bits per heavy atom. The van der Waals surface area contributed by atoms with E-state index in [1.165, 1.54) is 89.9 Å². The van der Waals surface area contributed by atoms with Crippen molar-refractivity contribution in [3.63, 3.8) is 0 Å². The third kappa shape index (κ3) is 14.9. The van der Waals surface area contributed by atoms with Gasteiger partial charge < -0.3 is 8.85 Å². The topological polar surface area (TPSA) is 18.5 Å². The summed E-state index contributed by atoms with van der Waals surface area (Å²) in [4.78, 5) is 0. The quantitative estimate of drug-likeness (QED) is 0.159. The van der Waals surface area contributed by atoms with Crippen LogP contribution in [0.5, 0.6) is 0 Å². The molecule has 3 heteroatoms. The van der Waals surface area contributed by atoms with Gasteiger partial charge in [0.2, 0.25) is 0 Å². The maximum absolute atomic E-state index is 6.32. The molecule has 0 aromatic heterocycles. The summed E-state index contributed by atoms with van der Waals surface area (Å²) in [7, 11) is -1.90. The fourth-order valence-electron chi connectivity index (χ4n) is 3.33. The predicted octanol–water partition coefficient (Wildman–Crippen LogP) is 8.00. The molecule has 0 N–H and O–H groups in total. The molecule has 0 heterocycles. The Balaban J connectivity index is 3.61. The highest BCUT2D eigenvalue weighted by Crippen LogP contribution is 2.20. The zero-order valence-electron chi connectivity index (χ0n) is 18.0. The van der Waals surface area contributed by atoms with Crippen molar-refractivity contribution < 1.29 is 8.85 Å². The van der Waals surface area contributed by atoms with E-state index in [1.807, 2.05) is 0 Å². The van der Waals surface area contributed by atoms with Gasteiger partial charge in [0.05, 0.1) is 0 Å². The van der Waals surface area contributed by atoms with Crippen molar-refractivity contribution in [2.75, 3.05) is 13.2 Å². The molecule has 0 saturated heterocycles. The Morgan fingerprint density at radius 3 is 1.12 bits per heavy atom. The van der Waals surface area contributed by atoms with E-state index in [0.29, 0.717) is 0 Å². The number of hydrogen-bond donors (Lipinski definition) is 0. The molecule has 0 aliphatic heterocycles. The van der Waals surface area contributed by atoms with Crippen LogP contribution in [0.3, 0.4) is 0 Å². The van der Waals surface area contributed by atoms with Crippen molar-refractivity contribution in [1.29, 1.82) is 0 Å². The van der Waals surface area contributed by atoms with Gasteiger partial charge in [-0.1, -0.05) is 105 Å². The monoisotopic (exact) mass is 372 g/mol. The van der Waals surface area contributed by atoms with E-state index in [9.17, 15) is 0 Å². The molecule has 25 heavy (non-hydrogen) atoms. The van der Waals surface area contributed by atoms with Gasteiger partial charge >= 0.3 is 8.56 Å². The third-order valence-electron chi connectivity index (χ3n) is 5.30. The van der Waals surface area contributed by atoms with Crippen LogP contribution in [0.15, 0.2) is 0 Å². The van der Waals surface area contributed by atoms with Crippen LogP contribution in [0, 0.1) is 0 Å².